The molecule has 0 saturated carbocycles. The molecule has 3 heterocycles. The summed E-state index contributed by atoms with van der Waals surface area (Å²) in [4.78, 5) is 23.2. The second kappa shape index (κ2) is 6.44. The lowest BCUT2D eigenvalue weighted by atomic mass is 10.3. The predicted octanol–water partition coefficient (Wildman–Crippen LogP) is 2.94. The summed E-state index contributed by atoms with van der Waals surface area (Å²) in [6.07, 6.45) is 4.32. The Morgan fingerprint density at radius 2 is 2.09 bits per heavy atom. The number of rotatable bonds is 4. The van der Waals surface area contributed by atoms with Crippen molar-refractivity contribution in [2.75, 3.05) is 18.0 Å². The van der Waals surface area contributed by atoms with Gasteiger partial charge in [0.1, 0.15) is 16.5 Å². The molecule has 22 heavy (non-hydrogen) atoms. The number of hydrogen-bond acceptors (Lipinski definition) is 5. The SMILES string of the molecule is CC(C)NC(=O)c1csc(-c2ccc(N3CCCC3)nc2)n1. The monoisotopic (exact) mass is 316 g/mol. The average Bonchev–Trinajstić information content (AvgIpc) is 3.19. The Balaban J connectivity index is 1.74. The molecule has 1 N–H and O–H groups in total. The zero-order valence-corrected chi connectivity index (χ0v) is 13.7. The molecular formula is C16H20N4OS. The third-order valence-electron chi connectivity index (χ3n) is 3.58. The van der Waals surface area contributed by atoms with Crippen LogP contribution in [-0.4, -0.2) is 35.0 Å². The molecular weight excluding hydrogens is 296 g/mol. The Morgan fingerprint density at radius 3 is 2.73 bits per heavy atom. The lowest BCUT2D eigenvalue weighted by molar-refractivity contribution is 0.0939. The van der Waals surface area contributed by atoms with Crippen LogP contribution in [0.5, 0.6) is 0 Å². The van der Waals surface area contributed by atoms with Gasteiger partial charge in [-0.3, -0.25) is 4.79 Å². The number of amides is 1. The highest BCUT2D eigenvalue weighted by Gasteiger charge is 2.15. The maximum Gasteiger partial charge on any atom is 0.270 e. The van der Waals surface area contributed by atoms with E-state index in [1.807, 2.05) is 32.2 Å². The van der Waals surface area contributed by atoms with E-state index in [4.69, 9.17) is 0 Å². The van der Waals surface area contributed by atoms with E-state index < -0.39 is 0 Å². The van der Waals surface area contributed by atoms with Crippen molar-refractivity contribution in [1.29, 1.82) is 0 Å². The van der Waals surface area contributed by atoms with Crippen LogP contribution in [0.15, 0.2) is 23.7 Å². The fourth-order valence-electron chi connectivity index (χ4n) is 2.49. The van der Waals surface area contributed by atoms with Crippen molar-refractivity contribution >= 4 is 23.1 Å². The van der Waals surface area contributed by atoms with Gasteiger partial charge in [-0.2, -0.15) is 0 Å². The van der Waals surface area contributed by atoms with E-state index in [0.717, 1.165) is 29.5 Å². The molecule has 116 valence electrons. The van der Waals surface area contributed by atoms with E-state index in [1.54, 1.807) is 5.38 Å². The number of hydrogen-bond donors (Lipinski definition) is 1. The van der Waals surface area contributed by atoms with E-state index in [1.165, 1.54) is 24.2 Å². The molecule has 5 nitrogen and oxygen atoms in total. The van der Waals surface area contributed by atoms with Gasteiger partial charge in [-0.15, -0.1) is 11.3 Å². The number of anilines is 1. The standard InChI is InChI=1S/C16H20N4OS/c1-11(2)18-15(21)13-10-22-16(19-13)12-5-6-14(17-9-12)20-7-3-4-8-20/h5-6,9-11H,3-4,7-8H2,1-2H3,(H,18,21). The first-order valence-electron chi connectivity index (χ1n) is 7.61. The minimum atomic E-state index is -0.126. The summed E-state index contributed by atoms with van der Waals surface area (Å²) in [6.45, 7) is 6.05. The van der Waals surface area contributed by atoms with E-state index in [-0.39, 0.29) is 11.9 Å². The highest BCUT2D eigenvalue weighted by molar-refractivity contribution is 7.13. The molecule has 1 aliphatic heterocycles. The van der Waals surface area contributed by atoms with Crippen molar-refractivity contribution in [1.82, 2.24) is 15.3 Å². The second-order valence-corrected chi connectivity index (χ2v) is 6.62. The van der Waals surface area contributed by atoms with Crippen LogP contribution in [0.4, 0.5) is 5.82 Å². The number of nitrogens with one attached hydrogen (secondary N) is 1. The number of pyridine rings is 1. The van der Waals surface area contributed by atoms with Gasteiger partial charge >= 0.3 is 0 Å². The molecule has 0 bridgehead atoms. The van der Waals surface area contributed by atoms with Gasteiger partial charge < -0.3 is 10.2 Å². The van der Waals surface area contributed by atoms with Crippen molar-refractivity contribution in [3.63, 3.8) is 0 Å². The van der Waals surface area contributed by atoms with Gasteiger partial charge in [0.05, 0.1) is 0 Å². The van der Waals surface area contributed by atoms with Crippen molar-refractivity contribution in [3.8, 4) is 10.6 Å². The fourth-order valence-corrected chi connectivity index (χ4v) is 3.28. The lowest BCUT2D eigenvalue weighted by Crippen LogP contribution is -2.30. The molecule has 3 rings (SSSR count). The lowest BCUT2D eigenvalue weighted by Gasteiger charge is -2.15. The molecule has 1 aliphatic rings. The third kappa shape index (κ3) is 3.27. The summed E-state index contributed by atoms with van der Waals surface area (Å²) >= 11 is 1.47. The number of nitrogens with zero attached hydrogens (tertiary/aromatic N) is 3. The first kappa shape index (κ1) is 15.0. The zero-order valence-electron chi connectivity index (χ0n) is 12.9. The van der Waals surface area contributed by atoms with Gasteiger partial charge in [0.25, 0.3) is 5.91 Å². The molecule has 0 atom stereocenters. The Morgan fingerprint density at radius 1 is 1.32 bits per heavy atom. The highest BCUT2D eigenvalue weighted by atomic mass is 32.1. The molecule has 0 spiro atoms. The predicted molar refractivity (Wildman–Crippen MR) is 89.4 cm³/mol. The summed E-state index contributed by atoms with van der Waals surface area (Å²) in [5.41, 5.74) is 1.42. The van der Waals surface area contributed by atoms with Crippen molar-refractivity contribution in [2.45, 2.75) is 32.7 Å². The normalized spacial score (nSPS) is 14.6. The Labute approximate surface area is 134 Å². The van der Waals surface area contributed by atoms with Gasteiger partial charge in [0.15, 0.2) is 0 Å². The first-order chi connectivity index (χ1) is 10.6. The number of aromatic nitrogens is 2. The van der Waals surface area contributed by atoms with Crippen LogP contribution >= 0.6 is 11.3 Å². The summed E-state index contributed by atoms with van der Waals surface area (Å²) in [5, 5.41) is 5.47. The molecule has 1 fully saturated rings. The summed E-state index contributed by atoms with van der Waals surface area (Å²) < 4.78 is 0. The minimum absolute atomic E-state index is 0.110. The third-order valence-corrected chi connectivity index (χ3v) is 4.47. The smallest absolute Gasteiger partial charge is 0.270 e. The van der Waals surface area contributed by atoms with Crippen LogP contribution in [0.3, 0.4) is 0 Å². The zero-order chi connectivity index (χ0) is 15.5. The highest BCUT2D eigenvalue weighted by Crippen LogP contribution is 2.25. The van der Waals surface area contributed by atoms with Crippen LogP contribution in [0.25, 0.3) is 10.6 Å². The molecule has 6 heteroatoms. The molecule has 1 saturated heterocycles. The maximum absolute atomic E-state index is 11.9. The molecule has 0 aliphatic carbocycles. The minimum Gasteiger partial charge on any atom is -0.357 e. The Bertz CT molecular complexity index is 644. The Kier molecular flexibility index (Phi) is 4.38. The van der Waals surface area contributed by atoms with Crippen LogP contribution in [0.1, 0.15) is 37.2 Å². The number of carbonyl (C=O) groups excluding carboxylic acids is 1. The maximum atomic E-state index is 11.9. The van der Waals surface area contributed by atoms with Gasteiger partial charge in [-0.25, -0.2) is 9.97 Å². The molecule has 1 amide bonds. The first-order valence-corrected chi connectivity index (χ1v) is 8.49. The second-order valence-electron chi connectivity index (χ2n) is 5.77. The van der Waals surface area contributed by atoms with Crippen LogP contribution < -0.4 is 10.2 Å². The molecule has 2 aromatic rings. The van der Waals surface area contributed by atoms with Crippen LogP contribution in [0.2, 0.25) is 0 Å². The fraction of sp³-hybridized carbons (Fsp3) is 0.438. The molecule has 2 aromatic heterocycles. The molecule has 0 aromatic carbocycles. The van der Waals surface area contributed by atoms with Crippen molar-refractivity contribution in [2.24, 2.45) is 0 Å². The number of thiazole rings is 1. The van der Waals surface area contributed by atoms with Gasteiger partial charge in [-0.1, -0.05) is 0 Å². The topological polar surface area (TPSA) is 58.1 Å². The molecule has 0 unspecified atom stereocenters. The van der Waals surface area contributed by atoms with Gasteiger partial charge in [-0.05, 0) is 38.8 Å². The van der Waals surface area contributed by atoms with E-state index in [0.29, 0.717) is 5.69 Å². The van der Waals surface area contributed by atoms with E-state index in [2.05, 4.69) is 20.2 Å². The van der Waals surface area contributed by atoms with E-state index in [9.17, 15) is 4.79 Å². The van der Waals surface area contributed by atoms with E-state index >= 15 is 0 Å². The van der Waals surface area contributed by atoms with Crippen molar-refractivity contribution < 1.29 is 4.79 Å². The number of carbonyl (C=O) groups is 1. The average molecular weight is 316 g/mol. The Hall–Kier alpha value is -1.95. The summed E-state index contributed by atoms with van der Waals surface area (Å²) in [5.74, 6) is 0.898. The summed E-state index contributed by atoms with van der Waals surface area (Å²) in [6, 6.07) is 4.18. The van der Waals surface area contributed by atoms with Crippen molar-refractivity contribution in [3.05, 3.63) is 29.4 Å². The quantitative estimate of drug-likeness (QED) is 0.942. The van der Waals surface area contributed by atoms with Crippen LogP contribution in [0, 0.1) is 0 Å². The molecule has 0 radical (unpaired) electrons. The largest absolute Gasteiger partial charge is 0.357 e. The summed E-state index contributed by atoms with van der Waals surface area (Å²) in [7, 11) is 0. The van der Waals surface area contributed by atoms with Gasteiger partial charge in [0.2, 0.25) is 0 Å². The van der Waals surface area contributed by atoms with Crippen LogP contribution in [-0.2, 0) is 0 Å². The van der Waals surface area contributed by atoms with Gasteiger partial charge in [0, 0.05) is 36.3 Å².